The summed E-state index contributed by atoms with van der Waals surface area (Å²) in [4.78, 5) is 10.3. The van der Waals surface area contributed by atoms with Crippen LogP contribution in [0, 0.1) is 0 Å². The van der Waals surface area contributed by atoms with Gasteiger partial charge in [-0.25, -0.2) is 0 Å². The minimum absolute atomic E-state index is 0.0100. The summed E-state index contributed by atoms with van der Waals surface area (Å²) in [7, 11) is 0. The largest absolute Gasteiger partial charge is 0.411 e. The molecule has 0 radical (unpaired) electrons. The molecule has 1 aliphatic carbocycles. The van der Waals surface area contributed by atoms with Crippen LogP contribution >= 0.6 is 0 Å². The summed E-state index contributed by atoms with van der Waals surface area (Å²) < 4.78 is 36.1. The van der Waals surface area contributed by atoms with E-state index in [0.717, 1.165) is 6.92 Å². The highest BCUT2D eigenvalue weighted by Crippen LogP contribution is 2.48. The predicted octanol–water partition coefficient (Wildman–Crippen LogP) is 1.22. The van der Waals surface area contributed by atoms with Crippen LogP contribution in [0.2, 0.25) is 0 Å². The van der Waals surface area contributed by atoms with Gasteiger partial charge in [0.1, 0.15) is 5.54 Å². The lowest BCUT2D eigenvalue weighted by molar-refractivity contribution is -0.169. The zero-order valence-electron chi connectivity index (χ0n) is 5.96. The standard InChI is InChI=1S/C6H8F3NO/c1-4(11)10-5(2-3-5)6(7,8)9/h2-3H2,1H3,(H,10,11). The van der Waals surface area contributed by atoms with Crippen molar-refractivity contribution in [2.75, 3.05) is 0 Å². The van der Waals surface area contributed by atoms with Gasteiger partial charge < -0.3 is 5.32 Å². The van der Waals surface area contributed by atoms with Crippen molar-refractivity contribution in [3.05, 3.63) is 0 Å². The highest BCUT2D eigenvalue weighted by Gasteiger charge is 2.63. The van der Waals surface area contributed by atoms with Crippen molar-refractivity contribution in [1.29, 1.82) is 0 Å². The normalized spacial score (nSPS) is 21.1. The number of nitrogens with one attached hydrogen (secondary N) is 1. The quantitative estimate of drug-likeness (QED) is 0.625. The summed E-state index contributed by atoms with van der Waals surface area (Å²) >= 11 is 0. The zero-order valence-corrected chi connectivity index (χ0v) is 5.96. The Hall–Kier alpha value is -0.740. The van der Waals surface area contributed by atoms with Crippen molar-refractivity contribution in [3.8, 4) is 0 Å². The molecule has 64 valence electrons. The van der Waals surface area contributed by atoms with Gasteiger partial charge >= 0.3 is 6.18 Å². The topological polar surface area (TPSA) is 29.1 Å². The highest BCUT2D eigenvalue weighted by molar-refractivity contribution is 5.74. The van der Waals surface area contributed by atoms with E-state index in [1.165, 1.54) is 0 Å². The van der Waals surface area contributed by atoms with Gasteiger partial charge in [-0.2, -0.15) is 13.2 Å². The van der Waals surface area contributed by atoms with Gasteiger partial charge in [0.05, 0.1) is 0 Å². The number of carbonyl (C=O) groups is 1. The van der Waals surface area contributed by atoms with Gasteiger partial charge in [-0.15, -0.1) is 0 Å². The Bertz CT molecular complexity index is 183. The summed E-state index contributed by atoms with van der Waals surface area (Å²) in [6.45, 7) is 1.09. The maximum atomic E-state index is 12.0. The molecule has 0 saturated heterocycles. The van der Waals surface area contributed by atoms with Crippen LogP contribution in [0.3, 0.4) is 0 Å². The first-order valence-electron chi connectivity index (χ1n) is 3.23. The average molecular weight is 167 g/mol. The maximum absolute atomic E-state index is 12.0. The molecule has 0 aliphatic heterocycles. The fourth-order valence-corrected chi connectivity index (χ4v) is 0.941. The first kappa shape index (κ1) is 8.36. The zero-order chi connectivity index (χ0) is 8.70. The van der Waals surface area contributed by atoms with Gasteiger partial charge in [0, 0.05) is 6.92 Å². The third kappa shape index (κ3) is 1.46. The Morgan fingerprint density at radius 2 is 1.91 bits per heavy atom. The molecule has 1 fully saturated rings. The van der Waals surface area contributed by atoms with Crippen molar-refractivity contribution in [2.24, 2.45) is 0 Å². The summed E-state index contributed by atoms with van der Waals surface area (Å²) in [5, 5.41) is 1.91. The molecule has 0 bridgehead atoms. The van der Waals surface area contributed by atoms with Gasteiger partial charge in [0.2, 0.25) is 5.91 Å². The molecule has 1 N–H and O–H groups in total. The van der Waals surface area contributed by atoms with E-state index >= 15 is 0 Å². The molecule has 0 heterocycles. The molecule has 0 aromatic rings. The fourth-order valence-electron chi connectivity index (χ4n) is 0.941. The summed E-state index contributed by atoms with van der Waals surface area (Å²) in [6, 6.07) is 0. The predicted molar refractivity (Wildman–Crippen MR) is 31.8 cm³/mol. The highest BCUT2D eigenvalue weighted by atomic mass is 19.4. The second-order valence-corrected chi connectivity index (χ2v) is 2.76. The first-order chi connectivity index (χ1) is 4.87. The first-order valence-corrected chi connectivity index (χ1v) is 3.23. The van der Waals surface area contributed by atoms with E-state index in [0.29, 0.717) is 0 Å². The van der Waals surface area contributed by atoms with Gasteiger partial charge in [-0.1, -0.05) is 0 Å². The third-order valence-corrected chi connectivity index (χ3v) is 1.71. The van der Waals surface area contributed by atoms with E-state index in [-0.39, 0.29) is 12.8 Å². The lowest BCUT2D eigenvalue weighted by Crippen LogP contribution is -2.46. The molecule has 0 aromatic carbocycles. The molecule has 5 heteroatoms. The fraction of sp³-hybridized carbons (Fsp3) is 0.833. The Balaban J connectivity index is 2.61. The van der Waals surface area contributed by atoms with Crippen LogP contribution in [0.25, 0.3) is 0 Å². The molecule has 0 spiro atoms. The van der Waals surface area contributed by atoms with Gasteiger partial charge in [0.15, 0.2) is 0 Å². The van der Waals surface area contributed by atoms with E-state index in [1.54, 1.807) is 0 Å². The molecule has 1 amide bonds. The molecular weight excluding hydrogens is 159 g/mol. The molecule has 0 aromatic heterocycles. The van der Waals surface area contributed by atoms with Crippen LogP contribution in [-0.2, 0) is 4.79 Å². The molecule has 0 atom stereocenters. The second-order valence-electron chi connectivity index (χ2n) is 2.76. The van der Waals surface area contributed by atoms with Crippen molar-refractivity contribution in [3.63, 3.8) is 0 Å². The SMILES string of the molecule is CC(=O)NC1(C(F)(F)F)CC1. The molecule has 2 nitrogen and oxygen atoms in total. The number of hydrogen-bond acceptors (Lipinski definition) is 1. The lowest BCUT2D eigenvalue weighted by Gasteiger charge is -2.19. The van der Waals surface area contributed by atoms with Gasteiger partial charge in [-0.05, 0) is 12.8 Å². The Morgan fingerprint density at radius 1 is 1.45 bits per heavy atom. The average Bonchev–Trinajstić information content (AvgIpc) is 2.42. The number of amides is 1. The minimum Gasteiger partial charge on any atom is -0.342 e. The van der Waals surface area contributed by atoms with E-state index in [1.807, 2.05) is 5.32 Å². The van der Waals surface area contributed by atoms with Crippen LogP contribution in [0.15, 0.2) is 0 Å². The molecule has 1 saturated carbocycles. The Kier molecular flexibility index (Phi) is 1.61. The van der Waals surface area contributed by atoms with E-state index in [9.17, 15) is 18.0 Å². The van der Waals surface area contributed by atoms with Gasteiger partial charge in [0.25, 0.3) is 0 Å². The summed E-state index contributed by atoms with van der Waals surface area (Å²) in [6.07, 6.45) is -4.27. The minimum atomic E-state index is -4.29. The number of alkyl halides is 3. The van der Waals surface area contributed by atoms with Crippen molar-refractivity contribution >= 4 is 5.91 Å². The monoisotopic (exact) mass is 167 g/mol. The number of hydrogen-bond donors (Lipinski definition) is 1. The molecule has 1 aliphatic rings. The summed E-state index contributed by atoms with van der Waals surface area (Å²) in [5.74, 6) is -0.625. The number of rotatable bonds is 1. The number of halogens is 3. The van der Waals surface area contributed by atoms with Crippen molar-refractivity contribution < 1.29 is 18.0 Å². The molecule has 11 heavy (non-hydrogen) atoms. The molecular formula is C6H8F3NO. The smallest absolute Gasteiger partial charge is 0.342 e. The second kappa shape index (κ2) is 2.12. The van der Waals surface area contributed by atoms with E-state index in [2.05, 4.69) is 0 Å². The van der Waals surface area contributed by atoms with Crippen LogP contribution in [0.1, 0.15) is 19.8 Å². The summed E-state index contributed by atoms with van der Waals surface area (Å²) in [5.41, 5.74) is -1.89. The Morgan fingerprint density at radius 3 is 2.00 bits per heavy atom. The van der Waals surface area contributed by atoms with Crippen LogP contribution in [-0.4, -0.2) is 17.6 Å². The lowest BCUT2D eigenvalue weighted by atomic mass is 10.2. The van der Waals surface area contributed by atoms with Crippen LogP contribution in [0.5, 0.6) is 0 Å². The third-order valence-electron chi connectivity index (χ3n) is 1.71. The molecule has 1 rings (SSSR count). The van der Waals surface area contributed by atoms with Crippen molar-refractivity contribution in [2.45, 2.75) is 31.5 Å². The van der Waals surface area contributed by atoms with Crippen molar-refractivity contribution in [1.82, 2.24) is 5.32 Å². The van der Waals surface area contributed by atoms with Gasteiger partial charge in [-0.3, -0.25) is 4.79 Å². The van der Waals surface area contributed by atoms with E-state index in [4.69, 9.17) is 0 Å². The Labute approximate surface area is 61.8 Å². The van der Waals surface area contributed by atoms with Crippen LogP contribution < -0.4 is 5.32 Å². The van der Waals surface area contributed by atoms with Crippen LogP contribution in [0.4, 0.5) is 13.2 Å². The number of carbonyl (C=O) groups excluding carboxylic acids is 1. The maximum Gasteiger partial charge on any atom is 0.411 e. The van der Waals surface area contributed by atoms with E-state index < -0.39 is 17.6 Å². The molecule has 0 unspecified atom stereocenters.